The molecule has 7 heteroatoms. The van der Waals surface area contributed by atoms with E-state index in [4.69, 9.17) is 9.47 Å². The highest BCUT2D eigenvalue weighted by molar-refractivity contribution is 6.03. The van der Waals surface area contributed by atoms with Crippen molar-refractivity contribution in [3.8, 4) is 11.5 Å². The predicted octanol–water partition coefficient (Wildman–Crippen LogP) is 3.55. The molecule has 0 aliphatic carbocycles. The van der Waals surface area contributed by atoms with Crippen molar-refractivity contribution < 1.29 is 23.5 Å². The summed E-state index contributed by atoms with van der Waals surface area (Å²) in [6, 6.07) is 9.67. The van der Waals surface area contributed by atoms with E-state index in [1.54, 1.807) is 28.0 Å². The summed E-state index contributed by atoms with van der Waals surface area (Å²) >= 11 is 0. The van der Waals surface area contributed by atoms with Crippen molar-refractivity contribution in [3.05, 3.63) is 58.9 Å². The van der Waals surface area contributed by atoms with Gasteiger partial charge in [0.2, 0.25) is 0 Å². The molecule has 0 radical (unpaired) electrons. The Kier molecular flexibility index (Phi) is 4.24. The van der Waals surface area contributed by atoms with E-state index in [0.717, 1.165) is 18.4 Å². The number of carbonyl (C=O) groups is 2. The second kappa shape index (κ2) is 6.72. The van der Waals surface area contributed by atoms with Crippen LogP contribution < -0.4 is 9.47 Å². The molecule has 30 heavy (non-hydrogen) atoms. The van der Waals surface area contributed by atoms with E-state index >= 15 is 0 Å². The maximum atomic E-state index is 13.7. The van der Waals surface area contributed by atoms with E-state index in [1.165, 1.54) is 12.1 Å². The average Bonchev–Trinajstić information content (AvgIpc) is 3.18. The van der Waals surface area contributed by atoms with Crippen LogP contribution in [-0.4, -0.2) is 47.7 Å². The third kappa shape index (κ3) is 3.00. The first-order valence-corrected chi connectivity index (χ1v) is 10.2. The van der Waals surface area contributed by atoms with E-state index in [9.17, 15) is 14.0 Å². The van der Waals surface area contributed by atoms with Crippen LogP contribution in [0.2, 0.25) is 0 Å². The molecule has 5 rings (SSSR count). The Bertz CT molecular complexity index is 1050. The number of carbonyl (C=O) groups excluding carboxylic acids is 2. The molecule has 3 heterocycles. The molecule has 3 aliphatic rings. The molecule has 1 unspecified atom stereocenters. The van der Waals surface area contributed by atoms with Gasteiger partial charge in [0.15, 0.2) is 13.0 Å². The summed E-state index contributed by atoms with van der Waals surface area (Å²) in [4.78, 5) is 29.3. The Morgan fingerprint density at radius 1 is 1.10 bits per heavy atom. The number of nitrogens with zero attached hydrogens (tertiary/aromatic N) is 2. The lowest BCUT2D eigenvalue weighted by atomic mass is 9.84. The minimum atomic E-state index is -0.469. The van der Waals surface area contributed by atoms with Gasteiger partial charge < -0.3 is 19.3 Å². The summed E-state index contributed by atoms with van der Waals surface area (Å²) in [7, 11) is 0. The Balaban J connectivity index is 1.42. The fourth-order valence-corrected chi connectivity index (χ4v) is 4.48. The van der Waals surface area contributed by atoms with Gasteiger partial charge in [0.25, 0.3) is 11.8 Å². The molecule has 0 spiro atoms. The minimum absolute atomic E-state index is 0.0742. The number of hydrogen-bond donors (Lipinski definition) is 0. The molecule has 2 aromatic rings. The van der Waals surface area contributed by atoms with E-state index < -0.39 is 5.41 Å². The van der Waals surface area contributed by atoms with Crippen LogP contribution in [0.15, 0.2) is 36.4 Å². The first-order chi connectivity index (χ1) is 14.3. The lowest BCUT2D eigenvalue weighted by Crippen LogP contribution is -2.46. The van der Waals surface area contributed by atoms with Crippen LogP contribution in [0.1, 0.15) is 53.0 Å². The van der Waals surface area contributed by atoms with Crippen molar-refractivity contribution in [3.63, 3.8) is 0 Å². The smallest absolute Gasteiger partial charge is 0.260 e. The first-order valence-electron chi connectivity index (χ1n) is 10.2. The number of fused-ring (bicyclic) bond motifs is 3. The van der Waals surface area contributed by atoms with E-state index in [2.05, 4.69) is 0 Å². The van der Waals surface area contributed by atoms with Gasteiger partial charge in [0, 0.05) is 24.9 Å². The number of hydrogen-bond acceptors (Lipinski definition) is 4. The largest absolute Gasteiger partial charge is 0.472 e. The standard InChI is InChI=1S/C23H23FN2O4/c1-23(2,14-5-3-6-15(24)9-14)12-25-13-29-18-10-17-19(11-16(18)21(25)27)30-20-7-4-8-26(20)22(17)28/h3,5-6,9-11,20H,4,7-8,12-13H2,1-2H3. The molecule has 1 saturated heterocycles. The van der Waals surface area contributed by atoms with Crippen molar-refractivity contribution in [2.24, 2.45) is 0 Å². The molecule has 6 nitrogen and oxygen atoms in total. The first kappa shape index (κ1) is 18.9. The molecular weight excluding hydrogens is 387 g/mol. The van der Waals surface area contributed by atoms with Crippen molar-refractivity contribution in [1.29, 1.82) is 0 Å². The number of benzene rings is 2. The third-order valence-electron chi connectivity index (χ3n) is 6.12. The monoisotopic (exact) mass is 410 g/mol. The van der Waals surface area contributed by atoms with Crippen LogP contribution in [0.4, 0.5) is 4.39 Å². The van der Waals surface area contributed by atoms with Crippen LogP contribution in [0.3, 0.4) is 0 Å². The Labute approximate surface area is 174 Å². The van der Waals surface area contributed by atoms with Gasteiger partial charge >= 0.3 is 0 Å². The van der Waals surface area contributed by atoms with Gasteiger partial charge in [0.1, 0.15) is 17.3 Å². The molecular formula is C23H23FN2O4. The lowest BCUT2D eigenvalue weighted by Gasteiger charge is -2.37. The lowest BCUT2D eigenvalue weighted by molar-refractivity contribution is 0.0281. The molecule has 3 aliphatic heterocycles. The maximum Gasteiger partial charge on any atom is 0.260 e. The van der Waals surface area contributed by atoms with Crippen molar-refractivity contribution in [1.82, 2.24) is 9.80 Å². The van der Waals surface area contributed by atoms with Crippen LogP contribution in [0.25, 0.3) is 0 Å². The van der Waals surface area contributed by atoms with E-state index in [-0.39, 0.29) is 30.6 Å². The summed E-state index contributed by atoms with van der Waals surface area (Å²) in [6.07, 6.45) is 1.44. The molecule has 2 aromatic carbocycles. The topological polar surface area (TPSA) is 59.1 Å². The Morgan fingerprint density at radius 2 is 1.87 bits per heavy atom. The highest BCUT2D eigenvalue weighted by Crippen LogP contribution is 2.39. The maximum absolute atomic E-state index is 13.7. The summed E-state index contributed by atoms with van der Waals surface area (Å²) in [5.74, 6) is 0.264. The van der Waals surface area contributed by atoms with E-state index in [0.29, 0.717) is 35.7 Å². The van der Waals surface area contributed by atoms with Gasteiger partial charge in [0.05, 0.1) is 11.1 Å². The summed E-state index contributed by atoms with van der Waals surface area (Å²) in [6.45, 7) is 5.05. The predicted molar refractivity (Wildman–Crippen MR) is 107 cm³/mol. The van der Waals surface area contributed by atoms with Crippen LogP contribution in [0.5, 0.6) is 11.5 Å². The summed E-state index contributed by atoms with van der Waals surface area (Å²) < 4.78 is 25.5. The number of halogens is 1. The number of amides is 2. The average molecular weight is 410 g/mol. The van der Waals surface area contributed by atoms with Gasteiger partial charge in [-0.3, -0.25) is 9.59 Å². The molecule has 0 N–H and O–H groups in total. The minimum Gasteiger partial charge on any atom is -0.472 e. The highest BCUT2D eigenvalue weighted by Gasteiger charge is 2.40. The Morgan fingerprint density at radius 3 is 2.67 bits per heavy atom. The van der Waals surface area contributed by atoms with Crippen molar-refractivity contribution in [2.45, 2.75) is 38.3 Å². The molecule has 2 amide bonds. The molecule has 0 bridgehead atoms. The van der Waals surface area contributed by atoms with Crippen LogP contribution in [-0.2, 0) is 5.41 Å². The van der Waals surface area contributed by atoms with Gasteiger partial charge in [-0.15, -0.1) is 0 Å². The SMILES string of the molecule is CC(C)(CN1COc2cc3c(cc2C1=O)OC1CCCN1C3=O)c1cccc(F)c1. The second-order valence-corrected chi connectivity index (χ2v) is 8.73. The summed E-state index contributed by atoms with van der Waals surface area (Å²) in [5, 5.41) is 0. The molecule has 1 fully saturated rings. The fourth-order valence-electron chi connectivity index (χ4n) is 4.48. The quantitative estimate of drug-likeness (QED) is 0.777. The number of ether oxygens (including phenoxy) is 2. The van der Waals surface area contributed by atoms with Gasteiger partial charge in [-0.25, -0.2) is 4.39 Å². The van der Waals surface area contributed by atoms with Gasteiger partial charge in [-0.2, -0.15) is 0 Å². The third-order valence-corrected chi connectivity index (χ3v) is 6.12. The molecule has 1 atom stereocenters. The normalized spacial score (nSPS) is 20.3. The van der Waals surface area contributed by atoms with Crippen LogP contribution in [0, 0.1) is 5.82 Å². The summed E-state index contributed by atoms with van der Waals surface area (Å²) in [5.41, 5.74) is 1.16. The van der Waals surface area contributed by atoms with E-state index in [1.807, 2.05) is 19.9 Å². The highest BCUT2D eigenvalue weighted by atomic mass is 19.1. The zero-order chi connectivity index (χ0) is 21.0. The number of rotatable bonds is 3. The Hall–Kier alpha value is -3.09. The van der Waals surface area contributed by atoms with Crippen molar-refractivity contribution >= 4 is 11.8 Å². The fraction of sp³-hybridized carbons (Fsp3) is 0.391. The van der Waals surface area contributed by atoms with Gasteiger partial charge in [-0.05, 0) is 36.2 Å². The molecule has 0 saturated carbocycles. The zero-order valence-electron chi connectivity index (χ0n) is 17.0. The second-order valence-electron chi connectivity index (χ2n) is 8.73. The molecule has 156 valence electrons. The van der Waals surface area contributed by atoms with Crippen LogP contribution >= 0.6 is 0 Å². The molecule has 0 aromatic heterocycles. The zero-order valence-corrected chi connectivity index (χ0v) is 17.0. The van der Waals surface area contributed by atoms with Crippen molar-refractivity contribution in [2.75, 3.05) is 19.8 Å². The van der Waals surface area contributed by atoms with Gasteiger partial charge in [-0.1, -0.05) is 26.0 Å².